The van der Waals surface area contributed by atoms with E-state index < -0.39 is 17.1 Å². The van der Waals surface area contributed by atoms with Gasteiger partial charge >= 0.3 is 5.69 Å². The highest BCUT2D eigenvalue weighted by atomic mass is 16.3. The van der Waals surface area contributed by atoms with Crippen molar-refractivity contribution in [1.82, 2.24) is 9.97 Å². The molecule has 6 heteroatoms. The van der Waals surface area contributed by atoms with Crippen LogP contribution in [0.1, 0.15) is 5.56 Å². The van der Waals surface area contributed by atoms with E-state index in [9.17, 15) is 14.7 Å². The molecule has 1 heterocycles. The molecule has 0 unspecified atom stereocenters. The zero-order valence-corrected chi connectivity index (χ0v) is 9.83. The molecule has 1 aromatic heterocycles. The molecule has 0 amide bonds. The third kappa shape index (κ3) is 3.29. The van der Waals surface area contributed by atoms with E-state index in [1.165, 1.54) is 18.4 Å². The molecule has 6 nitrogen and oxygen atoms in total. The summed E-state index contributed by atoms with van der Waals surface area (Å²) in [5, 5.41) is 9.42. The molecule has 0 saturated heterocycles. The number of nitrogens with one attached hydrogen (secondary N) is 2. The Hall–Kier alpha value is -2.89. The number of aliphatic imine (C=N–C) groups is 1. The van der Waals surface area contributed by atoms with E-state index in [4.69, 9.17) is 0 Å². The number of rotatable bonds is 3. The quantitative estimate of drug-likeness (QED) is 0.720. The first-order valence-corrected chi connectivity index (χ1v) is 5.48. The fourth-order valence-electron chi connectivity index (χ4n) is 1.42. The van der Waals surface area contributed by atoms with Crippen molar-refractivity contribution in [3.63, 3.8) is 0 Å². The Bertz CT molecular complexity index is 727. The van der Waals surface area contributed by atoms with Crippen LogP contribution in [0.15, 0.2) is 51.0 Å². The van der Waals surface area contributed by atoms with Crippen LogP contribution in [-0.4, -0.2) is 21.3 Å². The largest absolute Gasteiger partial charge is 0.494 e. The summed E-state index contributed by atoms with van der Waals surface area (Å²) in [4.78, 5) is 30.5. The van der Waals surface area contributed by atoms with Crippen LogP contribution in [0.5, 0.6) is 5.88 Å². The average Bonchev–Trinajstić information content (AvgIpc) is 2.38. The summed E-state index contributed by atoms with van der Waals surface area (Å²) < 4.78 is 0. The second-order valence-electron chi connectivity index (χ2n) is 3.64. The van der Waals surface area contributed by atoms with Gasteiger partial charge in [-0.05, 0) is 24.3 Å². The lowest BCUT2D eigenvalue weighted by Crippen LogP contribution is -2.23. The molecule has 0 radical (unpaired) electrons. The lowest BCUT2D eigenvalue weighted by Gasteiger charge is -1.95. The van der Waals surface area contributed by atoms with Crippen molar-refractivity contribution in [2.45, 2.75) is 0 Å². The predicted octanol–water partition coefficient (Wildman–Crippen LogP) is 1.18. The summed E-state index contributed by atoms with van der Waals surface area (Å²) >= 11 is 0. The Morgan fingerprint density at radius 1 is 1.11 bits per heavy atom. The first-order valence-electron chi connectivity index (χ1n) is 5.48. The van der Waals surface area contributed by atoms with Gasteiger partial charge in [0, 0.05) is 6.21 Å². The van der Waals surface area contributed by atoms with Crippen LogP contribution in [0.4, 0.5) is 5.69 Å². The number of allylic oxidation sites excluding steroid dienone is 1. The SMILES string of the molecule is O=c1[nH]c(O)c(/C=C/C=Nc2ccccc2)c(=O)[nH]1. The molecule has 2 aromatic rings. The summed E-state index contributed by atoms with van der Waals surface area (Å²) in [7, 11) is 0. The van der Waals surface area contributed by atoms with Crippen molar-refractivity contribution in [3.05, 3.63) is 62.8 Å². The van der Waals surface area contributed by atoms with Gasteiger partial charge in [-0.1, -0.05) is 18.2 Å². The first kappa shape index (κ1) is 12.6. The van der Waals surface area contributed by atoms with Crippen LogP contribution < -0.4 is 11.2 Å². The second-order valence-corrected chi connectivity index (χ2v) is 3.64. The van der Waals surface area contributed by atoms with E-state index in [1.807, 2.05) is 35.3 Å². The molecule has 19 heavy (non-hydrogen) atoms. The molecule has 0 saturated carbocycles. The molecule has 2 rings (SSSR count). The Morgan fingerprint density at radius 3 is 2.53 bits per heavy atom. The van der Waals surface area contributed by atoms with Crippen LogP contribution in [0.25, 0.3) is 6.08 Å². The van der Waals surface area contributed by atoms with E-state index >= 15 is 0 Å². The summed E-state index contributed by atoms with van der Waals surface area (Å²) in [6, 6.07) is 9.25. The minimum Gasteiger partial charge on any atom is -0.494 e. The van der Waals surface area contributed by atoms with Crippen molar-refractivity contribution in [2.75, 3.05) is 0 Å². The number of aromatic hydroxyl groups is 1. The number of hydrogen-bond acceptors (Lipinski definition) is 4. The summed E-state index contributed by atoms with van der Waals surface area (Å²) in [6.07, 6.45) is 4.34. The third-order valence-corrected chi connectivity index (χ3v) is 2.29. The molecule has 0 atom stereocenters. The van der Waals surface area contributed by atoms with E-state index in [-0.39, 0.29) is 5.56 Å². The zero-order valence-electron chi connectivity index (χ0n) is 9.83. The maximum absolute atomic E-state index is 11.4. The van der Waals surface area contributed by atoms with Gasteiger partial charge in [-0.15, -0.1) is 0 Å². The van der Waals surface area contributed by atoms with Gasteiger partial charge < -0.3 is 5.11 Å². The van der Waals surface area contributed by atoms with E-state index in [0.29, 0.717) is 0 Å². The summed E-state index contributed by atoms with van der Waals surface area (Å²) in [5.74, 6) is -0.474. The van der Waals surface area contributed by atoms with Gasteiger partial charge in [0.1, 0.15) is 0 Å². The van der Waals surface area contributed by atoms with Gasteiger partial charge in [-0.25, -0.2) is 4.79 Å². The molecule has 0 spiro atoms. The Labute approximate surface area is 107 Å². The van der Waals surface area contributed by atoms with E-state index in [0.717, 1.165) is 5.69 Å². The number of nitrogens with zero attached hydrogens (tertiary/aromatic N) is 1. The van der Waals surface area contributed by atoms with E-state index in [1.54, 1.807) is 0 Å². The number of aromatic amines is 2. The van der Waals surface area contributed by atoms with Crippen LogP contribution >= 0.6 is 0 Å². The maximum Gasteiger partial charge on any atom is 0.328 e. The molecule has 0 aliphatic heterocycles. The molecule has 3 N–H and O–H groups in total. The molecule has 96 valence electrons. The highest BCUT2D eigenvalue weighted by Gasteiger charge is 2.03. The van der Waals surface area contributed by atoms with E-state index in [2.05, 4.69) is 9.98 Å². The van der Waals surface area contributed by atoms with Gasteiger partial charge in [-0.2, -0.15) is 0 Å². The van der Waals surface area contributed by atoms with Crippen LogP contribution in [0, 0.1) is 0 Å². The lowest BCUT2D eigenvalue weighted by molar-refractivity contribution is 0.447. The highest BCUT2D eigenvalue weighted by Crippen LogP contribution is 2.09. The summed E-state index contributed by atoms with van der Waals surface area (Å²) in [5.41, 5.74) is -0.672. The summed E-state index contributed by atoms with van der Waals surface area (Å²) in [6.45, 7) is 0. The van der Waals surface area contributed by atoms with Crippen LogP contribution in [0.3, 0.4) is 0 Å². The minimum absolute atomic E-state index is 0.0286. The molecular weight excluding hydrogens is 246 g/mol. The predicted molar refractivity (Wildman–Crippen MR) is 73.0 cm³/mol. The Morgan fingerprint density at radius 2 is 1.84 bits per heavy atom. The number of benzene rings is 1. The molecule has 1 aromatic carbocycles. The molecule has 0 aliphatic carbocycles. The lowest BCUT2D eigenvalue weighted by atomic mass is 10.3. The Balaban J connectivity index is 2.19. The van der Waals surface area contributed by atoms with Gasteiger partial charge in [0.2, 0.25) is 5.88 Å². The van der Waals surface area contributed by atoms with Crippen LogP contribution in [0.2, 0.25) is 0 Å². The van der Waals surface area contributed by atoms with Gasteiger partial charge in [-0.3, -0.25) is 19.8 Å². The number of aromatic nitrogens is 2. The van der Waals surface area contributed by atoms with Gasteiger partial charge in [0.15, 0.2) is 0 Å². The molecule has 0 fully saturated rings. The number of para-hydroxylation sites is 1. The van der Waals surface area contributed by atoms with Crippen molar-refractivity contribution in [2.24, 2.45) is 4.99 Å². The van der Waals surface area contributed by atoms with Crippen molar-refractivity contribution >= 4 is 18.0 Å². The second kappa shape index (κ2) is 5.63. The average molecular weight is 257 g/mol. The minimum atomic E-state index is -0.752. The van der Waals surface area contributed by atoms with Gasteiger partial charge in [0.25, 0.3) is 5.56 Å². The first-order chi connectivity index (χ1) is 9.16. The fourth-order valence-corrected chi connectivity index (χ4v) is 1.42. The van der Waals surface area contributed by atoms with Crippen molar-refractivity contribution in [3.8, 4) is 5.88 Å². The topological polar surface area (TPSA) is 98.3 Å². The highest BCUT2D eigenvalue weighted by molar-refractivity contribution is 5.80. The zero-order chi connectivity index (χ0) is 13.7. The molecule has 0 bridgehead atoms. The molecular formula is C13H11N3O3. The number of hydrogen-bond donors (Lipinski definition) is 3. The number of H-pyrrole nitrogens is 2. The normalized spacial score (nSPS) is 11.4. The third-order valence-electron chi connectivity index (χ3n) is 2.29. The molecule has 0 aliphatic rings. The van der Waals surface area contributed by atoms with Gasteiger partial charge in [0.05, 0.1) is 11.3 Å². The monoisotopic (exact) mass is 257 g/mol. The van der Waals surface area contributed by atoms with Crippen molar-refractivity contribution < 1.29 is 5.11 Å². The standard InChI is InChI=1S/C13H11N3O3/c17-11-10(12(18)16-13(19)15-11)7-4-8-14-9-5-2-1-3-6-9/h1-8H,(H3,15,16,17,18,19)/b7-4+,14-8?. The van der Waals surface area contributed by atoms with Crippen molar-refractivity contribution in [1.29, 1.82) is 0 Å². The smallest absolute Gasteiger partial charge is 0.328 e. The fraction of sp³-hybridized carbons (Fsp3) is 0. The Kier molecular flexibility index (Phi) is 3.72. The van der Waals surface area contributed by atoms with Crippen LogP contribution in [-0.2, 0) is 0 Å². The maximum atomic E-state index is 11.4.